The summed E-state index contributed by atoms with van der Waals surface area (Å²) in [6.45, 7) is 3.78. The zero-order valence-electron chi connectivity index (χ0n) is 14.4. The first kappa shape index (κ1) is 15.9. The van der Waals surface area contributed by atoms with Crippen molar-refractivity contribution >= 4 is 17.5 Å². The van der Waals surface area contributed by atoms with Crippen molar-refractivity contribution < 1.29 is 9.90 Å². The van der Waals surface area contributed by atoms with Gasteiger partial charge in [-0.1, -0.05) is 6.92 Å². The van der Waals surface area contributed by atoms with Crippen LogP contribution in [0.2, 0.25) is 0 Å². The number of hydrogen-bond donors (Lipinski definition) is 2. The van der Waals surface area contributed by atoms with Crippen LogP contribution in [0, 0.1) is 11.8 Å². The largest absolute Gasteiger partial charge is 0.508 e. The van der Waals surface area contributed by atoms with E-state index in [1.807, 2.05) is 11.0 Å². The maximum absolute atomic E-state index is 12.4. The highest BCUT2D eigenvalue weighted by Crippen LogP contribution is 2.50. The second-order valence-corrected chi connectivity index (χ2v) is 7.01. The van der Waals surface area contributed by atoms with Crippen molar-refractivity contribution in [3.63, 3.8) is 0 Å². The number of fused-ring (bicyclic) bond motifs is 1. The van der Waals surface area contributed by atoms with Crippen LogP contribution >= 0.6 is 0 Å². The van der Waals surface area contributed by atoms with Gasteiger partial charge < -0.3 is 15.3 Å². The number of aromatic hydroxyl groups is 1. The van der Waals surface area contributed by atoms with E-state index in [2.05, 4.69) is 22.2 Å². The van der Waals surface area contributed by atoms with Crippen molar-refractivity contribution in [3.05, 3.63) is 42.2 Å². The highest BCUT2D eigenvalue weighted by atomic mass is 16.3. The molecule has 1 aromatic carbocycles. The van der Waals surface area contributed by atoms with E-state index in [9.17, 15) is 9.90 Å². The molecule has 6 heteroatoms. The minimum absolute atomic E-state index is 0.0464. The summed E-state index contributed by atoms with van der Waals surface area (Å²) in [6, 6.07) is 7.09. The monoisotopic (exact) mass is 338 g/mol. The number of hydrogen-bond acceptors (Lipinski definition) is 5. The van der Waals surface area contributed by atoms with Crippen molar-refractivity contribution in [1.82, 2.24) is 9.97 Å². The van der Waals surface area contributed by atoms with E-state index in [0.717, 1.165) is 24.1 Å². The average Bonchev–Trinajstić information content (AvgIpc) is 3.42. The van der Waals surface area contributed by atoms with Gasteiger partial charge in [0.05, 0.1) is 6.04 Å². The van der Waals surface area contributed by atoms with Crippen molar-refractivity contribution in [1.29, 1.82) is 0 Å². The highest BCUT2D eigenvalue weighted by Gasteiger charge is 2.47. The maximum atomic E-state index is 12.4. The first-order valence-electron chi connectivity index (χ1n) is 8.72. The molecular weight excluding hydrogens is 316 g/mol. The number of nitrogens with zero attached hydrogens (tertiary/aromatic N) is 3. The van der Waals surface area contributed by atoms with Crippen LogP contribution < -0.4 is 10.2 Å². The summed E-state index contributed by atoms with van der Waals surface area (Å²) in [7, 11) is 0. The topological polar surface area (TPSA) is 78.4 Å². The van der Waals surface area contributed by atoms with Crippen molar-refractivity contribution in [2.24, 2.45) is 11.8 Å². The first-order valence-corrected chi connectivity index (χ1v) is 8.72. The van der Waals surface area contributed by atoms with Crippen LogP contribution in [0.25, 0.3) is 0 Å². The molecule has 4 rings (SSSR count). The fourth-order valence-corrected chi connectivity index (χ4v) is 4.07. The molecule has 1 aliphatic carbocycles. The van der Waals surface area contributed by atoms with Gasteiger partial charge in [-0.3, -0.25) is 4.79 Å². The van der Waals surface area contributed by atoms with Crippen LogP contribution in [-0.2, 0) is 4.79 Å². The van der Waals surface area contributed by atoms with Gasteiger partial charge in [0.1, 0.15) is 5.75 Å². The first-order chi connectivity index (χ1) is 12.1. The minimum Gasteiger partial charge on any atom is -0.508 e. The lowest BCUT2D eigenvalue weighted by molar-refractivity contribution is -0.117. The molecule has 1 fully saturated rings. The predicted molar refractivity (Wildman–Crippen MR) is 95.3 cm³/mol. The molecule has 1 aliphatic heterocycles. The van der Waals surface area contributed by atoms with Crippen LogP contribution in [-0.4, -0.2) is 27.0 Å². The van der Waals surface area contributed by atoms with Gasteiger partial charge in [-0.25, -0.2) is 9.97 Å². The molecule has 0 radical (unpaired) electrons. The van der Waals surface area contributed by atoms with Crippen LogP contribution in [0.4, 0.5) is 11.6 Å². The summed E-state index contributed by atoms with van der Waals surface area (Å²) in [5, 5.41) is 13.4. The van der Waals surface area contributed by atoms with Gasteiger partial charge in [0.25, 0.3) is 0 Å². The smallest absolute Gasteiger partial charge is 0.224 e. The molecule has 6 nitrogen and oxygen atoms in total. The number of carbonyl (C=O) groups is 1. The standard InChI is InChI=1S/C19H22N4O2/c1-11-17(22-19-20-8-3-9-21-19)15-10-14(25)6-7-16(15)23(12(2)24)18(11)13-4-5-13/h3,6-11,13,17-18,25H,4-5H2,1-2H3,(H,20,21,22)/t11-,17-,18-/m1/s1. The summed E-state index contributed by atoms with van der Waals surface area (Å²) in [5.41, 5.74) is 1.78. The van der Waals surface area contributed by atoms with Crippen LogP contribution in [0.1, 0.15) is 38.3 Å². The summed E-state index contributed by atoms with van der Waals surface area (Å²) < 4.78 is 0. The minimum atomic E-state index is -0.0642. The fraction of sp³-hybridized carbons (Fsp3) is 0.421. The second kappa shape index (κ2) is 6.02. The average molecular weight is 338 g/mol. The summed E-state index contributed by atoms with van der Waals surface area (Å²) in [6.07, 6.45) is 5.71. The molecule has 0 unspecified atom stereocenters. The van der Waals surface area contributed by atoms with E-state index in [4.69, 9.17) is 0 Å². The number of carbonyl (C=O) groups excluding carboxylic acids is 1. The van der Waals surface area contributed by atoms with Gasteiger partial charge in [0, 0.05) is 42.5 Å². The lowest BCUT2D eigenvalue weighted by Crippen LogP contribution is -2.51. The van der Waals surface area contributed by atoms with Crippen molar-refractivity contribution in [2.45, 2.75) is 38.8 Å². The van der Waals surface area contributed by atoms with Crippen LogP contribution in [0.3, 0.4) is 0 Å². The normalized spacial score (nSPS) is 25.4. The maximum Gasteiger partial charge on any atom is 0.224 e. The molecule has 0 bridgehead atoms. The molecule has 1 saturated carbocycles. The molecular formula is C19H22N4O2. The Morgan fingerprint density at radius 3 is 2.64 bits per heavy atom. The summed E-state index contributed by atoms with van der Waals surface area (Å²) in [5.74, 6) is 1.50. The number of nitrogens with one attached hydrogen (secondary N) is 1. The van der Waals surface area contributed by atoms with E-state index in [0.29, 0.717) is 11.9 Å². The predicted octanol–water partition coefficient (Wildman–Crippen LogP) is 3.12. The quantitative estimate of drug-likeness (QED) is 0.899. The van der Waals surface area contributed by atoms with E-state index in [1.54, 1.807) is 37.5 Å². The lowest BCUT2D eigenvalue weighted by atomic mass is 9.80. The van der Waals surface area contributed by atoms with Gasteiger partial charge in [0.2, 0.25) is 11.9 Å². The van der Waals surface area contributed by atoms with E-state index < -0.39 is 0 Å². The number of benzene rings is 1. The van der Waals surface area contributed by atoms with E-state index in [-0.39, 0.29) is 29.7 Å². The van der Waals surface area contributed by atoms with Crippen LogP contribution in [0.5, 0.6) is 5.75 Å². The second-order valence-electron chi connectivity index (χ2n) is 7.01. The number of amides is 1. The third-order valence-electron chi connectivity index (χ3n) is 5.26. The lowest BCUT2D eigenvalue weighted by Gasteiger charge is -2.45. The Balaban J connectivity index is 1.81. The molecule has 0 saturated heterocycles. The Bertz CT molecular complexity index is 791. The number of aromatic nitrogens is 2. The molecule has 25 heavy (non-hydrogen) atoms. The fourth-order valence-electron chi connectivity index (χ4n) is 4.07. The Hall–Kier alpha value is -2.63. The zero-order chi connectivity index (χ0) is 17.6. The van der Waals surface area contributed by atoms with E-state index in [1.165, 1.54) is 0 Å². The molecule has 1 aromatic heterocycles. The molecule has 2 aliphatic rings. The highest BCUT2D eigenvalue weighted by molar-refractivity contribution is 5.94. The zero-order valence-corrected chi connectivity index (χ0v) is 14.4. The number of phenolic OH excluding ortho intramolecular Hbond substituents is 1. The van der Waals surface area contributed by atoms with Gasteiger partial charge in [-0.2, -0.15) is 0 Å². The van der Waals surface area contributed by atoms with Gasteiger partial charge in [-0.15, -0.1) is 0 Å². The van der Waals surface area contributed by atoms with Gasteiger partial charge in [0.15, 0.2) is 0 Å². The SMILES string of the molecule is CC(=O)N1c2ccc(O)cc2[C@H](Nc2ncccn2)[C@@H](C)[C@@H]1C1CC1. The molecule has 1 amide bonds. The van der Waals surface area contributed by atoms with Gasteiger partial charge in [-0.05, 0) is 43.0 Å². The number of rotatable bonds is 3. The third kappa shape index (κ3) is 2.81. The third-order valence-corrected chi connectivity index (χ3v) is 5.26. The molecule has 2 aromatic rings. The molecule has 2 heterocycles. The Kier molecular flexibility index (Phi) is 3.82. The van der Waals surface area contributed by atoms with Gasteiger partial charge >= 0.3 is 0 Å². The summed E-state index contributed by atoms with van der Waals surface area (Å²) >= 11 is 0. The Labute approximate surface area is 146 Å². The van der Waals surface area contributed by atoms with Crippen LogP contribution in [0.15, 0.2) is 36.7 Å². The molecule has 3 atom stereocenters. The molecule has 0 spiro atoms. The van der Waals surface area contributed by atoms with Crippen molar-refractivity contribution in [3.8, 4) is 5.75 Å². The Morgan fingerprint density at radius 1 is 1.28 bits per heavy atom. The number of anilines is 2. The molecule has 2 N–H and O–H groups in total. The Morgan fingerprint density at radius 2 is 2.00 bits per heavy atom. The molecule has 130 valence electrons. The van der Waals surface area contributed by atoms with Crippen molar-refractivity contribution in [2.75, 3.05) is 10.2 Å². The van der Waals surface area contributed by atoms with E-state index >= 15 is 0 Å². The number of phenols is 1. The summed E-state index contributed by atoms with van der Waals surface area (Å²) in [4.78, 5) is 22.9.